The Balaban J connectivity index is 0. The van der Waals surface area contributed by atoms with Gasteiger partial charge < -0.3 is 10.8 Å². The van der Waals surface area contributed by atoms with Gasteiger partial charge in [0.2, 0.25) is 0 Å². The third kappa shape index (κ3) is 5.51. The van der Waals surface area contributed by atoms with Crippen molar-refractivity contribution in [3.63, 3.8) is 0 Å². The van der Waals surface area contributed by atoms with E-state index >= 15 is 0 Å². The Morgan fingerprint density at radius 1 is 1.53 bits per heavy atom. The first-order valence-corrected chi connectivity index (χ1v) is 3.67. The molecule has 0 saturated carbocycles. The van der Waals surface area contributed by atoms with Crippen molar-refractivity contribution in [3.8, 4) is 0 Å². The lowest BCUT2D eigenvalue weighted by Crippen LogP contribution is -2.15. The fraction of sp³-hybridized carbons (Fsp3) is 0.250. The first-order chi connectivity index (χ1) is 6.09. The molecule has 0 amide bonds. The van der Waals surface area contributed by atoms with Crippen LogP contribution in [0.5, 0.6) is 0 Å². The molecule has 0 saturated heterocycles. The van der Waals surface area contributed by atoms with Gasteiger partial charge in [-0.15, -0.1) is 24.8 Å². The molecular formula is C8H11Cl2FN2O2. The molecule has 7 heteroatoms. The molecule has 0 aliphatic heterocycles. The fourth-order valence-electron chi connectivity index (χ4n) is 0.937. The molecule has 15 heavy (non-hydrogen) atoms. The van der Waals surface area contributed by atoms with E-state index in [9.17, 15) is 9.18 Å². The van der Waals surface area contributed by atoms with Crippen LogP contribution in [0, 0.1) is 5.82 Å². The largest absolute Gasteiger partial charge is 0.481 e. The molecule has 1 rings (SSSR count). The number of aliphatic carboxylic acids is 1. The molecule has 0 aliphatic rings. The van der Waals surface area contributed by atoms with E-state index < -0.39 is 17.8 Å². The predicted octanol–water partition coefficient (Wildman–Crippen LogP) is 1.54. The highest BCUT2D eigenvalue weighted by Gasteiger charge is 2.11. The van der Waals surface area contributed by atoms with Crippen molar-refractivity contribution in [2.24, 2.45) is 5.73 Å². The lowest BCUT2D eigenvalue weighted by molar-refractivity contribution is -0.137. The van der Waals surface area contributed by atoms with E-state index in [2.05, 4.69) is 4.98 Å². The number of halogens is 3. The molecule has 0 bridgehead atoms. The third-order valence-corrected chi connectivity index (χ3v) is 1.55. The molecule has 0 aromatic carbocycles. The maximum absolute atomic E-state index is 12.6. The molecule has 1 atom stereocenters. The average molecular weight is 257 g/mol. The van der Waals surface area contributed by atoms with Crippen molar-refractivity contribution in [2.45, 2.75) is 12.5 Å². The van der Waals surface area contributed by atoms with Crippen LogP contribution in [0.2, 0.25) is 0 Å². The van der Waals surface area contributed by atoms with Gasteiger partial charge in [0.05, 0.1) is 12.6 Å². The summed E-state index contributed by atoms with van der Waals surface area (Å²) in [5.74, 6) is -1.53. The van der Waals surface area contributed by atoms with Crippen LogP contribution >= 0.6 is 24.8 Å². The van der Waals surface area contributed by atoms with Gasteiger partial charge >= 0.3 is 5.97 Å². The number of nitrogens with two attached hydrogens (primary N) is 1. The zero-order valence-corrected chi connectivity index (χ0v) is 9.22. The van der Waals surface area contributed by atoms with E-state index in [-0.39, 0.29) is 31.2 Å². The van der Waals surface area contributed by atoms with Crippen LogP contribution in [-0.4, -0.2) is 16.1 Å². The molecule has 86 valence electrons. The van der Waals surface area contributed by atoms with Crippen LogP contribution in [0.1, 0.15) is 18.0 Å². The molecule has 3 N–H and O–H groups in total. The van der Waals surface area contributed by atoms with Crippen LogP contribution in [0.4, 0.5) is 4.39 Å². The Labute approximate surface area is 98.5 Å². The summed E-state index contributed by atoms with van der Waals surface area (Å²) in [6.07, 6.45) is 2.17. The maximum Gasteiger partial charge on any atom is 0.305 e. The molecule has 1 unspecified atom stereocenters. The molecule has 0 radical (unpaired) electrons. The highest BCUT2D eigenvalue weighted by molar-refractivity contribution is 5.85. The second-order valence-corrected chi connectivity index (χ2v) is 2.64. The Bertz CT molecular complexity index is 325. The summed E-state index contributed by atoms with van der Waals surface area (Å²) in [6, 6.07) is 0.473. The topological polar surface area (TPSA) is 76.2 Å². The number of hydrogen-bond donors (Lipinski definition) is 2. The summed E-state index contributed by atoms with van der Waals surface area (Å²) in [4.78, 5) is 13.8. The van der Waals surface area contributed by atoms with Gasteiger partial charge in [0.1, 0.15) is 5.82 Å². The summed E-state index contributed by atoms with van der Waals surface area (Å²) in [5.41, 5.74) is 5.87. The van der Waals surface area contributed by atoms with Gasteiger partial charge in [-0.2, -0.15) is 0 Å². The van der Waals surface area contributed by atoms with Gasteiger partial charge in [-0.3, -0.25) is 9.78 Å². The van der Waals surface area contributed by atoms with Crippen LogP contribution in [0.3, 0.4) is 0 Å². The molecule has 1 aromatic heterocycles. The average Bonchev–Trinajstić information content (AvgIpc) is 2.03. The van der Waals surface area contributed by atoms with Crippen LogP contribution in [0.15, 0.2) is 18.5 Å². The van der Waals surface area contributed by atoms with E-state index in [1.165, 1.54) is 12.3 Å². The molecule has 1 heterocycles. The van der Waals surface area contributed by atoms with Crippen molar-refractivity contribution in [2.75, 3.05) is 0 Å². The van der Waals surface area contributed by atoms with Crippen molar-refractivity contribution in [1.82, 2.24) is 4.98 Å². The minimum absolute atomic E-state index is 0. The minimum atomic E-state index is -1.02. The highest BCUT2D eigenvalue weighted by atomic mass is 35.5. The van der Waals surface area contributed by atoms with Gasteiger partial charge in [-0.25, -0.2) is 4.39 Å². The van der Waals surface area contributed by atoms with Gasteiger partial charge in [0, 0.05) is 12.2 Å². The summed E-state index contributed by atoms with van der Waals surface area (Å²) in [6.45, 7) is 0. The Morgan fingerprint density at radius 2 is 2.13 bits per heavy atom. The van der Waals surface area contributed by atoms with Crippen LogP contribution in [-0.2, 0) is 4.79 Å². The van der Waals surface area contributed by atoms with Crippen molar-refractivity contribution in [1.29, 1.82) is 0 Å². The van der Waals surface area contributed by atoms with E-state index in [0.717, 1.165) is 6.20 Å². The number of pyridine rings is 1. The molecule has 0 fully saturated rings. The number of aromatic nitrogens is 1. The summed E-state index contributed by atoms with van der Waals surface area (Å²) < 4.78 is 12.6. The standard InChI is InChI=1S/C8H9FN2O2.2ClH/c9-6-1-5(3-11-4-6)7(10)2-8(12)13;;/h1,3-4,7H,2,10H2,(H,12,13);2*1H. The second kappa shape index (κ2) is 7.39. The number of carbonyl (C=O) groups is 1. The van der Waals surface area contributed by atoms with Crippen molar-refractivity contribution < 1.29 is 14.3 Å². The van der Waals surface area contributed by atoms with Crippen molar-refractivity contribution >= 4 is 30.8 Å². The minimum Gasteiger partial charge on any atom is -0.481 e. The molecule has 1 aromatic rings. The lowest BCUT2D eigenvalue weighted by atomic mass is 10.1. The van der Waals surface area contributed by atoms with Gasteiger partial charge in [0.25, 0.3) is 0 Å². The van der Waals surface area contributed by atoms with Gasteiger partial charge in [0.15, 0.2) is 0 Å². The zero-order chi connectivity index (χ0) is 9.84. The van der Waals surface area contributed by atoms with Crippen LogP contribution < -0.4 is 5.73 Å². The smallest absolute Gasteiger partial charge is 0.305 e. The van der Waals surface area contributed by atoms with Gasteiger partial charge in [-0.1, -0.05) is 0 Å². The first-order valence-electron chi connectivity index (χ1n) is 3.67. The van der Waals surface area contributed by atoms with E-state index in [0.29, 0.717) is 5.56 Å². The van der Waals surface area contributed by atoms with E-state index in [1.807, 2.05) is 0 Å². The van der Waals surface area contributed by atoms with Gasteiger partial charge in [-0.05, 0) is 11.6 Å². The quantitative estimate of drug-likeness (QED) is 0.861. The molecule has 0 aliphatic carbocycles. The van der Waals surface area contributed by atoms with Crippen molar-refractivity contribution in [3.05, 3.63) is 29.8 Å². The summed E-state index contributed by atoms with van der Waals surface area (Å²) in [7, 11) is 0. The maximum atomic E-state index is 12.6. The fourth-order valence-corrected chi connectivity index (χ4v) is 0.937. The Hall–Kier alpha value is -0.910. The van der Waals surface area contributed by atoms with E-state index in [1.54, 1.807) is 0 Å². The molecule has 4 nitrogen and oxygen atoms in total. The molecule has 0 spiro atoms. The second-order valence-electron chi connectivity index (χ2n) is 2.64. The number of carboxylic acid groups (broad SMARTS) is 1. The predicted molar refractivity (Wildman–Crippen MR) is 57.9 cm³/mol. The highest BCUT2D eigenvalue weighted by Crippen LogP contribution is 2.13. The third-order valence-electron chi connectivity index (χ3n) is 1.55. The monoisotopic (exact) mass is 256 g/mol. The first kappa shape index (κ1) is 16.5. The summed E-state index contributed by atoms with van der Waals surface area (Å²) >= 11 is 0. The normalized spacial score (nSPS) is 10.8. The number of nitrogens with zero attached hydrogens (tertiary/aromatic N) is 1. The molecular weight excluding hydrogens is 246 g/mol. The number of hydrogen-bond acceptors (Lipinski definition) is 3. The Kier molecular flexibility index (Phi) is 8.14. The Morgan fingerprint density at radius 3 is 2.60 bits per heavy atom. The zero-order valence-electron chi connectivity index (χ0n) is 7.59. The number of rotatable bonds is 3. The SMILES string of the molecule is Cl.Cl.NC(CC(=O)O)c1cncc(F)c1. The number of carboxylic acids is 1. The summed E-state index contributed by atoms with van der Waals surface area (Å²) in [5, 5.41) is 8.42. The van der Waals surface area contributed by atoms with E-state index in [4.69, 9.17) is 10.8 Å². The van der Waals surface area contributed by atoms with Crippen LogP contribution in [0.25, 0.3) is 0 Å². The lowest BCUT2D eigenvalue weighted by Gasteiger charge is -2.07.